The minimum atomic E-state index is -4.44. The van der Waals surface area contributed by atoms with E-state index in [0.29, 0.717) is 5.82 Å². The van der Waals surface area contributed by atoms with Crippen molar-refractivity contribution in [3.63, 3.8) is 0 Å². The van der Waals surface area contributed by atoms with Crippen LogP contribution in [0.5, 0.6) is 0 Å². The maximum Gasteiger partial charge on any atom is 0.407 e. The molecule has 0 aliphatic carbocycles. The third-order valence-electron chi connectivity index (χ3n) is 3.16. The van der Waals surface area contributed by atoms with Crippen LogP contribution in [0.1, 0.15) is 30.9 Å². The average Bonchev–Trinajstić information content (AvgIpc) is 2.38. The van der Waals surface area contributed by atoms with Crippen LogP contribution in [0.4, 0.5) is 19.0 Å². The average molecular weight is 259 g/mol. The number of piperidine rings is 1. The molecule has 1 aromatic rings. The van der Waals surface area contributed by atoms with Crippen LogP contribution in [-0.4, -0.2) is 24.2 Å². The van der Waals surface area contributed by atoms with E-state index in [9.17, 15) is 13.2 Å². The molecule has 0 saturated carbocycles. The summed E-state index contributed by atoms with van der Waals surface area (Å²) < 4.78 is 38.1. The molecular weight excluding hydrogens is 243 g/mol. The Hall–Kier alpha value is -1.30. The molecule has 18 heavy (non-hydrogen) atoms. The molecule has 2 N–H and O–H groups in total. The number of pyridine rings is 1. The van der Waals surface area contributed by atoms with Crippen LogP contribution < -0.4 is 10.6 Å². The van der Waals surface area contributed by atoms with E-state index in [-0.39, 0.29) is 5.56 Å². The molecule has 2 heterocycles. The molecule has 1 unspecified atom stereocenters. The predicted molar refractivity (Wildman–Crippen MR) is 63.3 cm³/mol. The van der Waals surface area contributed by atoms with Gasteiger partial charge in [-0.05, 0) is 25.3 Å². The number of anilines is 1. The summed E-state index contributed by atoms with van der Waals surface area (Å²) in [4.78, 5) is 5.98. The van der Waals surface area contributed by atoms with Crippen LogP contribution >= 0.6 is 0 Å². The molecule has 2 rings (SSSR count). The minimum absolute atomic E-state index is 0.0619. The van der Waals surface area contributed by atoms with E-state index in [1.165, 1.54) is 18.3 Å². The molecule has 1 aromatic heterocycles. The molecule has 1 aliphatic rings. The van der Waals surface area contributed by atoms with Crippen molar-refractivity contribution in [1.29, 1.82) is 0 Å². The van der Waals surface area contributed by atoms with E-state index < -0.39 is 12.2 Å². The van der Waals surface area contributed by atoms with Crippen molar-refractivity contribution >= 4 is 5.82 Å². The lowest BCUT2D eigenvalue weighted by atomic mass is 10.1. The number of nitrogens with zero attached hydrogens (tertiary/aromatic N) is 2. The van der Waals surface area contributed by atoms with Crippen LogP contribution in [0.2, 0.25) is 0 Å². The summed E-state index contributed by atoms with van der Waals surface area (Å²) in [6.45, 7) is 1.49. The van der Waals surface area contributed by atoms with E-state index in [0.717, 1.165) is 32.4 Å². The Balaban J connectivity index is 2.30. The summed E-state index contributed by atoms with van der Waals surface area (Å²) in [6, 6.07) is 0.937. The van der Waals surface area contributed by atoms with Gasteiger partial charge in [-0.1, -0.05) is 6.07 Å². The number of halogens is 3. The van der Waals surface area contributed by atoms with Crippen LogP contribution in [0.25, 0.3) is 0 Å². The molecule has 3 nitrogen and oxygen atoms in total. The number of hydrogen-bond donors (Lipinski definition) is 1. The Morgan fingerprint density at radius 3 is 2.50 bits per heavy atom. The Morgan fingerprint density at radius 2 is 1.89 bits per heavy atom. The lowest BCUT2D eigenvalue weighted by Crippen LogP contribution is -2.35. The van der Waals surface area contributed by atoms with Crippen molar-refractivity contribution < 1.29 is 13.2 Å². The van der Waals surface area contributed by atoms with Gasteiger partial charge in [0.05, 0.1) is 0 Å². The number of aromatic nitrogens is 1. The number of rotatable bonds is 2. The Labute approximate surface area is 104 Å². The fourth-order valence-electron chi connectivity index (χ4n) is 2.20. The molecule has 1 fully saturated rings. The van der Waals surface area contributed by atoms with Gasteiger partial charge in [0.15, 0.2) is 0 Å². The van der Waals surface area contributed by atoms with Crippen molar-refractivity contribution in [1.82, 2.24) is 4.98 Å². The molecule has 1 saturated heterocycles. The molecule has 0 bridgehead atoms. The topological polar surface area (TPSA) is 42.1 Å². The lowest BCUT2D eigenvalue weighted by molar-refractivity contribution is -0.149. The van der Waals surface area contributed by atoms with Crippen molar-refractivity contribution in [2.45, 2.75) is 31.5 Å². The van der Waals surface area contributed by atoms with Gasteiger partial charge in [-0.3, -0.25) is 0 Å². The SMILES string of the molecule is NC(c1cccnc1N1CCCCC1)C(F)(F)F. The van der Waals surface area contributed by atoms with E-state index >= 15 is 0 Å². The van der Waals surface area contributed by atoms with Gasteiger partial charge < -0.3 is 10.6 Å². The van der Waals surface area contributed by atoms with Gasteiger partial charge in [-0.25, -0.2) is 4.98 Å². The Morgan fingerprint density at radius 1 is 1.22 bits per heavy atom. The third kappa shape index (κ3) is 2.75. The smallest absolute Gasteiger partial charge is 0.356 e. The van der Waals surface area contributed by atoms with Crippen LogP contribution in [0, 0.1) is 0 Å². The monoisotopic (exact) mass is 259 g/mol. The van der Waals surface area contributed by atoms with Crippen molar-refractivity contribution in [2.24, 2.45) is 5.73 Å². The van der Waals surface area contributed by atoms with Gasteiger partial charge >= 0.3 is 6.18 Å². The lowest BCUT2D eigenvalue weighted by Gasteiger charge is -2.30. The van der Waals surface area contributed by atoms with Gasteiger partial charge in [0.2, 0.25) is 0 Å². The quantitative estimate of drug-likeness (QED) is 0.887. The molecule has 6 heteroatoms. The number of alkyl halides is 3. The molecule has 1 aliphatic heterocycles. The summed E-state index contributed by atoms with van der Waals surface area (Å²) in [6.07, 6.45) is 0.155. The molecular formula is C12H16F3N3. The minimum Gasteiger partial charge on any atom is -0.356 e. The zero-order valence-corrected chi connectivity index (χ0v) is 9.95. The molecule has 0 amide bonds. The summed E-state index contributed by atoms with van der Waals surface area (Å²) in [5, 5.41) is 0. The highest BCUT2D eigenvalue weighted by Crippen LogP contribution is 2.35. The van der Waals surface area contributed by atoms with Crippen molar-refractivity contribution in [3.05, 3.63) is 23.9 Å². The Bertz CT molecular complexity index is 400. The first-order valence-electron chi connectivity index (χ1n) is 6.02. The highest BCUT2D eigenvalue weighted by molar-refractivity contribution is 5.49. The molecule has 1 atom stereocenters. The van der Waals surface area contributed by atoms with Gasteiger partial charge in [0.1, 0.15) is 11.9 Å². The van der Waals surface area contributed by atoms with E-state index in [1.807, 2.05) is 4.90 Å². The summed E-state index contributed by atoms with van der Waals surface area (Å²) in [5.74, 6) is 0.377. The maximum absolute atomic E-state index is 12.7. The van der Waals surface area contributed by atoms with E-state index in [2.05, 4.69) is 4.98 Å². The number of nitrogens with two attached hydrogens (primary N) is 1. The van der Waals surface area contributed by atoms with Gasteiger partial charge in [-0.15, -0.1) is 0 Å². The normalized spacial score (nSPS) is 18.8. The van der Waals surface area contributed by atoms with E-state index in [1.54, 1.807) is 0 Å². The van der Waals surface area contributed by atoms with Gasteiger partial charge in [0, 0.05) is 24.8 Å². The standard InChI is InChI=1S/C12H16F3N3/c13-12(14,15)10(16)9-5-4-6-17-11(9)18-7-2-1-3-8-18/h4-6,10H,1-3,7-8,16H2. The zero-order chi connectivity index (χ0) is 13.2. The highest BCUT2D eigenvalue weighted by Gasteiger charge is 2.40. The fraction of sp³-hybridized carbons (Fsp3) is 0.583. The summed E-state index contributed by atoms with van der Waals surface area (Å²) in [7, 11) is 0. The van der Waals surface area contributed by atoms with Crippen molar-refractivity contribution in [2.75, 3.05) is 18.0 Å². The molecule has 0 radical (unpaired) electrons. The zero-order valence-electron chi connectivity index (χ0n) is 9.95. The summed E-state index contributed by atoms with van der Waals surface area (Å²) >= 11 is 0. The number of hydrogen-bond acceptors (Lipinski definition) is 3. The van der Waals surface area contributed by atoms with Gasteiger partial charge in [-0.2, -0.15) is 13.2 Å². The van der Waals surface area contributed by atoms with Crippen LogP contribution in [-0.2, 0) is 0 Å². The Kier molecular flexibility index (Phi) is 3.75. The van der Waals surface area contributed by atoms with Crippen LogP contribution in [0.15, 0.2) is 18.3 Å². The second kappa shape index (κ2) is 5.14. The van der Waals surface area contributed by atoms with E-state index in [4.69, 9.17) is 5.73 Å². The predicted octanol–water partition coefficient (Wildman–Crippen LogP) is 2.63. The van der Waals surface area contributed by atoms with Crippen LogP contribution in [0.3, 0.4) is 0 Å². The highest BCUT2D eigenvalue weighted by atomic mass is 19.4. The largest absolute Gasteiger partial charge is 0.407 e. The maximum atomic E-state index is 12.7. The molecule has 0 spiro atoms. The first-order chi connectivity index (χ1) is 8.50. The van der Waals surface area contributed by atoms with Gasteiger partial charge in [0.25, 0.3) is 0 Å². The molecule has 100 valence electrons. The van der Waals surface area contributed by atoms with Crippen molar-refractivity contribution in [3.8, 4) is 0 Å². The first kappa shape index (κ1) is 13.1. The molecule has 0 aromatic carbocycles. The second-order valence-corrected chi connectivity index (χ2v) is 4.48. The third-order valence-corrected chi connectivity index (χ3v) is 3.16. The second-order valence-electron chi connectivity index (χ2n) is 4.48. The fourth-order valence-corrected chi connectivity index (χ4v) is 2.20. The summed E-state index contributed by atoms with van der Waals surface area (Å²) in [5.41, 5.74) is 5.35. The first-order valence-corrected chi connectivity index (χ1v) is 6.02.